The summed E-state index contributed by atoms with van der Waals surface area (Å²) in [4.78, 5) is 4.42. The molecule has 0 bridgehead atoms. The number of hydrogen-bond donors (Lipinski definition) is 0. The Balaban J connectivity index is 1.95. The van der Waals surface area contributed by atoms with Crippen LogP contribution >= 0.6 is 11.3 Å². The summed E-state index contributed by atoms with van der Waals surface area (Å²) in [5, 5.41) is 2.88. The maximum atomic E-state index is 12.6. The van der Waals surface area contributed by atoms with Gasteiger partial charge in [-0.2, -0.15) is 13.2 Å². The first-order valence-electron chi connectivity index (χ1n) is 5.67. The lowest BCUT2D eigenvalue weighted by atomic mass is 10.1. The Morgan fingerprint density at radius 3 is 2.67 bits per heavy atom. The number of aromatic nitrogens is 1. The molecule has 5 heteroatoms. The van der Waals surface area contributed by atoms with Gasteiger partial charge in [0.1, 0.15) is 0 Å². The molecule has 1 heterocycles. The Bertz CT molecular complexity index is 570. The number of alkyl halides is 3. The average molecular weight is 269 g/mol. The minimum Gasteiger partial charge on any atom is -0.241 e. The van der Waals surface area contributed by atoms with Crippen LogP contribution in [-0.2, 0) is 6.18 Å². The third kappa shape index (κ3) is 2.27. The van der Waals surface area contributed by atoms with Crippen LogP contribution in [0.25, 0.3) is 11.3 Å². The van der Waals surface area contributed by atoms with Crippen molar-refractivity contribution in [1.29, 1.82) is 0 Å². The Morgan fingerprint density at radius 1 is 1.22 bits per heavy atom. The summed E-state index contributed by atoms with van der Waals surface area (Å²) in [5.41, 5.74) is 0.557. The monoisotopic (exact) mass is 269 g/mol. The largest absolute Gasteiger partial charge is 0.416 e. The molecule has 0 spiro atoms. The molecule has 1 aliphatic rings. The van der Waals surface area contributed by atoms with Gasteiger partial charge in [0, 0.05) is 16.9 Å². The third-order valence-corrected chi connectivity index (χ3v) is 3.94. The molecule has 2 aromatic rings. The lowest BCUT2D eigenvalue weighted by molar-refractivity contribution is -0.137. The molecule has 0 N–H and O–H groups in total. The minimum atomic E-state index is -4.30. The number of rotatable bonds is 2. The zero-order chi connectivity index (χ0) is 12.8. The maximum Gasteiger partial charge on any atom is 0.416 e. The second-order valence-electron chi connectivity index (χ2n) is 4.42. The first kappa shape index (κ1) is 11.7. The van der Waals surface area contributed by atoms with Gasteiger partial charge in [0.15, 0.2) is 0 Å². The average Bonchev–Trinajstić information content (AvgIpc) is 3.06. The van der Waals surface area contributed by atoms with Crippen molar-refractivity contribution in [3.8, 4) is 11.3 Å². The van der Waals surface area contributed by atoms with Gasteiger partial charge in [0.2, 0.25) is 0 Å². The zero-order valence-electron chi connectivity index (χ0n) is 9.37. The summed E-state index contributed by atoms with van der Waals surface area (Å²) < 4.78 is 37.8. The molecule has 0 unspecified atom stereocenters. The molecule has 94 valence electrons. The predicted octanol–water partition coefficient (Wildman–Crippen LogP) is 4.71. The van der Waals surface area contributed by atoms with E-state index in [0.29, 0.717) is 17.2 Å². The highest BCUT2D eigenvalue weighted by Crippen LogP contribution is 2.42. The molecule has 1 aromatic carbocycles. The number of nitrogens with zero attached hydrogens (tertiary/aromatic N) is 1. The van der Waals surface area contributed by atoms with Crippen LogP contribution in [0.5, 0.6) is 0 Å². The van der Waals surface area contributed by atoms with Crippen molar-refractivity contribution in [2.45, 2.75) is 24.9 Å². The fourth-order valence-corrected chi connectivity index (χ4v) is 2.79. The lowest BCUT2D eigenvalue weighted by Gasteiger charge is -2.07. The number of thiazole rings is 1. The highest BCUT2D eigenvalue weighted by atomic mass is 32.1. The van der Waals surface area contributed by atoms with E-state index in [1.165, 1.54) is 17.4 Å². The van der Waals surface area contributed by atoms with Crippen molar-refractivity contribution in [2.24, 2.45) is 0 Å². The Hall–Kier alpha value is -1.36. The highest BCUT2D eigenvalue weighted by Gasteiger charge is 2.31. The first-order valence-corrected chi connectivity index (χ1v) is 6.55. The molecule has 0 amide bonds. The van der Waals surface area contributed by atoms with Crippen molar-refractivity contribution < 1.29 is 13.2 Å². The van der Waals surface area contributed by atoms with Crippen LogP contribution in [0.4, 0.5) is 13.2 Å². The maximum absolute atomic E-state index is 12.6. The van der Waals surface area contributed by atoms with E-state index in [1.807, 2.05) is 5.38 Å². The first-order chi connectivity index (χ1) is 8.54. The second kappa shape index (κ2) is 4.09. The molecule has 1 fully saturated rings. The summed E-state index contributed by atoms with van der Waals surface area (Å²) in [5.74, 6) is 0.537. The summed E-state index contributed by atoms with van der Waals surface area (Å²) in [6.07, 6.45) is -2.00. The molecule has 1 saturated carbocycles. The van der Waals surface area contributed by atoms with Crippen molar-refractivity contribution in [3.05, 3.63) is 40.2 Å². The standard InChI is InChI=1S/C13H10F3NS/c14-13(15,16)10-3-1-2-9(6-10)11-7-18-12(17-11)8-4-5-8/h1-3,6-8H,4-5H2. The second-order valence-corrected chi connectivity index (χ2v) is 5.31. The SMILES string of the molecule is FC(F)(F)c1cccc(-c2csc(C3CC3)n2)c1. The van der Waals surface area contributed by atoms with Gasteiger partial charge in [-0.1, -0.05) is 12.1 Å². The van der Waals surface area contributed by atoms with Crippen molar-refractivity contribution >= 4 is 11.3 Å². The van der Waals surface area contributed by atoms with E-state index in [-0.39, 0.29) is 0 Å². The summed E-state index contributed by atoms with van der Waals surface area (Å²) in [7, 11) is 0. The molecule has 1 nitrogen and oxygen atoms in total. The molecule has 0 aliphatic heterocycles. The molecule has 3 rings (SSSR count). The molecule has 0 radical (unpaired) electrons. The van der Waals surface area contributed by atoms with Crippen LogP contribution in [0.3, 0.4) is 0 Å². The molecule has 1 aliphatic carbocycles. The Labute approximate surface area is 106 Å². The van der Waals surface area contributed by atoms with Gasteiger partial charge >= 0.3 is 6.18 Å². The van der Waals surface area contributed by atoms with Crippen molar-refractivity contribution in [1.82, 2.24) is 4.98 Å². The van der Waals surface area contributed by atoms with Crippen LogP contribution in [0.2, 0.25) is 0 Å². The van der Waals surface area contributed by atoms with E-state index < -0.39 is 11.7 Å². The van der Waals surface area contributed by atoms with Gasteiger partial charge in [0.25, 0.3) is 0 Å². The normalized spacial score (nSPS) is 15.9. The molecule has 0 atom stereocenters. The van der Waals surface area contributed by atoms with E-state index >= 15 is 0 Å². The Morgan fingerprint density at radius 2 is 2.00 bits per heavy atom. The van der Waals surface area contributed by atoms with Crippen LogP contribution in [0, 0.1) is 0 Å². The van der Waals surface area contributed by atoms with Gasteiger partial charge in [-0.3, -0.25) is 0 Å². The van der Waals surface area contributed by atoms with Gasteiger partial charge in [-0.05, 0) is 25.0 Å². The molecule has 0 saturated heterocycles. The topological polar surface area (TPSA) is 12.9 Å². The smallest absolute Gasteiger partial charge is 0.241 e. The van der Waals surface area contributed by atoms with Gasteiger partial charge in [-0.25, -0.2) is 4.98 Å². The van der Waals surface area contributed by atoms with Gasteiger partial charge < -0.3 is 0 Å². The van der Waals surface area contributed by atoms with E-state index in [9.17, 15) is 13.2 Å². The molecule has 1 aromatic heterocycles. The quantitative estimate of drug-likeness (QED) is 0.769. The zero-order valence-corrected chi connectivity index (χ0v) is 10.2. The fourth-order valence-electron chi connectivity index (χ4n) is 1.79. The predicted molar refractivity (Wildman–Crippen MR) is 64.5 cm³/mol. The highest BCUT2D eigenvalue weighted by molar-refractivity contribution is 7.10. The van der Waals surface area contributed by atoms with Gasteiger partial charge in [-0.15, -0.1) is 11.3 Å². The fraction of sp³-hybridized carbons (Fsp3) is 0.308. The number of benzene rings is 1. The van der Waals surface area contributed by atoms with E-state index in [1.54, 1.807) is 6.07 Å². The van der Waals surface area contributed by atoms with Crippen LogP contribution in [-0.4, -0.2) is 4.98 Å². The molecular weight excluding hydrogens is 259 g/mol. The minimum absolute atomic E-state index is 0.535. The summed E-state index contributed by atoms with van der Waals surface area (Å²) in [6.45, 7) is 0. The third-order valence-electron chi connectivity index (χ3n) is 2.93. The molecule has 18 heavy (non-hydrogen) atoms. The van der Waals surface area contributed by atoms with E-state index in [4.69, 9.17) is 0 Å². The lowest BCUT2D eigenvalue weighted by Crippen LogP contribution is -2.04. The summed E-state index contributed by atoms with van der Waals surface area (Å²) >= 11 is 1.54. The number of hydrogen-bond acceptors (Lipinski definition) is 2. The van der Waals surface area contributed by atoms with Crippen LogP contribution in [0.15, 0.2) is 29.6 Å². The number of halogens is 3. The van der Waals surface area contributed by atoms with Crippen molar-refractivity contribution in [2.75, 3.05) is 0 Å². The Kier molecular flexibility index (Phi) is 2.66. The summed E-state index contributed by atoms with van der Waals surface area (Å²) in [6, 6.07) is 5.33. The van der Waals surface area contributed by atoms with Crippen LogP contribution in [0.1, 0.15) is 29.3 Å². The molecular formula is C13H10F3NS. The van der Waals surface area contributed by atoms with E-state index in [2.05, 4.69) is 4.98 Å². The van der Waals surface area contributed by atoms with E-state index in [0.717, 1.165) is 30.0 Å². The van der Waals surface area contributed by atoms with Crippen molar-refractivity contribution in [3.63, 3.8) is 0 Å². The van der Waals surface area contributed by atoms with Crippen LogP contribution < -0.4 is 0 Å². The van der Waals surface area contributed by atoms with Gasteiger partial charge in [0.05, 0.1) is 16.3 Å².